The lowest BCUT2D eigenvalue weighted by Crippen LogP contribution is -2.39. The molecule has 3 rings (SSSR count). The number of carbonyl (C=O) groups excluding carboxylic acids is 1. The average Bonchev–Trinajstić information content (AvgIpc) is 3.44. The van der Waals surface area contributed by atoms with Crippen molar-refractivity contribution in [3.63, 3.8) is 0 Å². The molecule has 0 radical (unpaired) electrons. The van der Waals surface area contributed by atoms with Gasteiger partial charge in [0, 0.05) is 12.6 Å². The van der Waals surface area contributed by atoms with E-state index < -0.39 is 23.6 Å². The van der Waals surface area contributed by atoms with Crippen molar-refractivity contribution in [3.8, 4) is 11.1 Å². The maximum Gasteiger partial charge on any atom is 0.308 e. The van der Waals surface area contributed by atoms with Crippen LogP contribution in [0.4, 0.5) is 8.78 Å². The number of halogens is 2. The first-order chi connectivity index (χ1) is 12.4. The van der Waals surface area contributed by atoms with E-state index in [1.807, 2.05) is 0 Å². The third-order valence-corrected chi connectivity index (χ3v) is 4.52. The van der Waals surface area contributed by atoms with Crippen molar-refractivity contribution in [2.45, 2.75) is 25.8 Å². The van der Waals surface area contributed by atoms with Crippen LogP contribution in [0, 0.1) is 17.6 Å². The minimum Gasteiger partial charge on any atom is -0.481 e. The Morgan fingerprint density at radius 3 is 2.27 bits per heavy atom. The highest BCUT2D eigenvalue weighted by Crippen LogP contribution is 2.30. The van der Waals surface area contributed by atoms with E-state index >= 15 is 0 Å². The Kier molecular flexibility index (Phi) is 5.02. The summed E-state index contributed by atoms with van der Waals surface area (Å²) in [5.74, 6) is -3.26. The molecule has 1 unspecified atom stereocenters. The van der Waals surface area contributed by atoms with Crippen molar-refractivity contribution in [1.82, 2.24) is 4.90 Å². The standard InChI is InChI=1S/C20H19F2NO3/c1-12(20(25)26)11-23(16-7-8-16)19(24)17-9-4-14(10-18(17)22)13-2-5-15(21)6-3-13/h2-6,9-10,12,16H,7-8,11H2,1H3,(H,25,26). The summed E-state index contributed by atoms with van der Waals surface area (Å²) in [4.78, 5) is 25.3. The van der Waals surface area contributed by atoms with E-state index in [4.69, 9.17) is 5.11 Å². The minimum atomic E-state index is -0.990. The number of carboxylic acids is 1. The van der Waals surface area contributed by atoms with Crippen LogP contribution in [-0.4, -0.2) is 34.5 Å². The van der Waals surface area contributed by atoms with Gasteiger partial charge in [0.1, 0.15) is 11.6 Å². The summed E-state index contributed by atoms with van der Waals surface area (Å²) in [6.45, 7) is 1.58. The number of carbonyl (C=O) groups is 2. The van der Waals surface area contributed by atoms with Crippen molar-refractivity contribution in [3.05, 3.63) is 59.7 Å². The number of nitrogens with zero attached hydrogens (tertiary/aromatic N) is 1. The Morgan fingerprint density at radius 2 is 1.73 bits per heavy atom. The lowest BCUT2D eigenvalue weighted by Gasteiger charge is -2.24. The summed E-state index contributed by atoms with van der Waals surface area (Å²) < 4.78 is 27.6. The number of carboxylic acid groups (broad SMARTS) is 1. The molecule has 2 aromatic rings. The first-order valence-electron chi connectivity index (χ1n) is 8.46. The molecule has 4 nitrogen and oxygen atoms in total. The van der Waals surface area contributed by atoms with Gasteiger partial charge in [-0.1, -0.05) is 25.1 Å². The zero-order valence-electron chi connectivity index (χ0n) is 14.3. The Balaban J connectivity index is 1.84. The Bertz CT molecular complexity index is 831. The first kappa shape index (κ1) is 18.0. The van der Waals surface area contributed by atoms with Gasteiger partial charge in [0.15, 0.2) is 0 Å². The van der Waals surface area contributed by atoms with Crippen LogP contribution >= 0.6 is 0 Å². The van der Waals surface area contributed by atoms with Crippen molar-refractivity contribution >= 4 is 11.9 Å². The molecule has 0 saturated heterocycles. The fourth-order valence-corrected chi connectivity index (χ4v) is 2.82. The first-order valence-corrected chi connectivity index (χ1v) is 8.46. The molecular weight excluding hydrogens is 340 g/mol. The lowest BCUT2D eigenvalue weighted by molar-refractivity contribution is -0.141. The van der Waals surface area contributed by atoms with Crippen molar-refractivity contribution in [2.24, 2.45) is 5.92 Å². The van der Waals surface area contributed by atoms with E-state index in [-0.39, 0.29) is 24.0 Å². The molecule has 0 spiro atoms. The van der Waals surface area contributed by atoms with Crippen LogP contribution in [0.5, 0.6) is 0 Å². The third-order valence-electron chi connectivity index (χ3n) is 4.52. The van der Waals surface area contributed by atoms with Gasteiger partial charge in [-0.2, -0.15) is 0 Å². The van der Waals surface area contributed by atoms with Crippen LogP contribution in [0.1, 0.15) is 30.1 Å². The van der Waals surface area contributed by atoms with Gasteiger partial charge in [-0.15, -0.1) is 0 Å². The van der Waals surface area contributed by atoms with Crippen molar-refractivity contribution in [1.29, 1.82) is 0 Å². The molecule has 1 amide bonds. The Morgan fingerprint density at radius 1 is 1.12 bits per heavy atom. The number of aliphatic carboxylic acids is 1. The van der Waals surface area contributed by atoms with Crippen LogP contribution in [0.2, 0.25) is 0 Å². The van der Waals surface area contributed by atoms with Crippen molar-refractivity contribution in [2.75, 3.05) is 6.54 Å². The topological polar surface area (TPSA) is 57.6 Å². The van der Waals surface area contributed by atoms with Gasteiger partial charge >= 0.3 is 5.97 Å². The molecule has 1 fully saturated rings. The van der Waals surface area contributed by atoms with Gasteiger partial charge in [0.2, 0.25) is 0 Å². The molecule has 6 heteroatoms. The van der Waals surface area contributed by atoms with Crippen LogP contribution in [0.25, 0.3) is 11.1 Å². The molecular formula is C20H19F2NO3. The Labute approximate surface area is 150 Å². The smallest absolute Gasteiger partial charge is 0.308 e. The second-order valence-corrected chi connectivity index (χ2v) is 6.63. The van der Waals surface area contributed by atoms with E-state index in [0.717, 1.165) is 12.8 Å². The average molecular weight is 359 g/mol. The highest BCUT2D eigenvalue weighted by molar-refractivity contribution is 5.95. The van der Waals surface area contributed by atoms with E-state index in [0.29, 0.717) is 11.1 Å². The molecule has 1 atom stereocenters. The van der Waals surface area contributed by atoms with E-state index in [9.17, 15) is 18.4 Å². The number of rotatable bonds is 6. The SMILES string of the molecule is CC(CN(C(=O)c1ccc(-c2ccc(F)cc2)cc1F)C1CC1)C(=O)O. The van der Waals surface area contributed by atoms with E-state index in [1.54, 1.807) is 6.07 Å². The van der Waals surface area contributed by atoms with Crippen molar-refractivity contribution < 1.29 is 23.5 Å². The number of hydrogen-bond donors (Lipinski definition) is 1. The summed E-state index contributed by atoms with van der Waals surface area (Å²) >= 11 is 0. The van der Waals surface area contributed by atoms with Crippen LogP contribution in [-0.2, 0) is 4.79 Å². The van der Waals surface area contributed by atoms with Gasteiger partial charge in [0.25, 0.3) is 5.91 Å². The normalized spacial score (nSPS) is 14.7. The highest BCUT2D eigenvalue weighted by Gasteiger charge is 2.35. The molecule has 136 valence electrons. The summed E-state index contributed by atoms with van der Waals surface area (Å²) in [5, 5.41) is 9.08. The minimum absolute atomic E-state index is 0.0273. The summed E-state index contributed by atoms with van der Waals surface area (Å²) in [6, 6.07) is 9.87. The second-order valence-electron chi connectivity index (χ2n) is 6.63. The zero-order chi connectivity index (χ0) is 18.8. The van der Waals surface area contributed by atoms with Crippen LogP contribution < -0.4 is 0 Å². The zero-order valence-corrected chi connectivity index (χ0v) is 14.3. The molecule has 26 heavy (non-hydrogen) atoms. The molecule has 1 N–H and O–H groups in total. The maximum atomic E-state index is 14.6. The third kappa shape index (κ3) is 3.90. The van der Waals surface area contributed by atoms with E-state index in [1.165, 1.54) is 48.2 Å². The number of benzene rings is 2. The fourth-order valence-electron chi connectivity index (χ4n) is 2.82. The molecule has 1 saturated carbocycles. The van der Waals surface area contributed by atoms with Gasteiger partial charge < -0.3 is 10.0 Å². The van der Waals surface area contributed by atoms with Gasteiger partial charge in [-0.05, 0) is 48.2 Å². The van der Waals surface area contributed by atoms with Gasteiger partial charge in [0.05, 0.1) is 11.5 Å². The summed E-state index contributed by atoms with van der Waals surface area (Å²) in [6.07, 6.45) is 1.60. The maximum absolute atomic E-state index is 14.6. The summed E-state index contributed by atoms with van der Waals surface area (Å²) in [5.41, 5.74) is 1.10. The van der Waals surface area contributed by atoms with Crippen LogP contribution in [0.3, 0.4) is 0 Å². The molecule has 2 aromatic carbocycles. The quantitative estimate of drug-likeness (QED) is 0.849. The van der Waals surface area contributed by atoms with Crippen LogP contribution in [0.15, 0.2) is 42.5 Å². The Hall–Kier alpha value is -2.76. The lowest BCUT2D eigenvalue weighted by atomic mass is 10.0. The van der Waals surface area contributed by atoms with Gasteiger partial charge in [-0.25, -0.2) is 8.78 Å². The second kappa shape index (κ2) is 7.23. The molecule has 0 bridgehead atoms. The molecule has 0 heterocycles. The largest absolute Gasteiger partial charge is 0.481 e. The summed E-state index contributed by atoms with van der Waals surface area (Å²) in [7, 11) is 0. The predicted molar refractivity (Wildman–Crippen MR) is 92.7 cm³/mol. The molecule has 0 aromatic heterocycles. The number of amides is 1. The monoisotopic (exact) mass is 359 g/mol. The van der Waals surface area contributed by atoms with Gasteiger partial charge in [-0.3, -0.25) is 9.59 Å². The molecule has 1 aliphatic carbocycles. The number of hydrogen-bond acceptors (Lipinski definition) is 2. The highest BCUT2D eigenvalue weighted by atomic mass is 19.1. The molecule has 0 aliphatic heterocycles. The fraction of sp³-hybridized carbons (Fsp3) is 0.300. The molecule has 1 aliphatic rings. The predicted octanol–water partition coefficient (Wildman–Crippen LogP) is 3.96. The van der Waals surface area contributed by atoms with E-state index in [2.05, 4.69) is 0 Å².